The van der Waals surface area contributed by atoms with Crippen LogP contribution in [0.15, 0.2) is 18.2 Å². The Morgan fingerprint density at radius 2 is 2.19 bits per heavy atom. The molecule has 1 aromatic carbocycles. The highest BCUT2D eigenvalue weighted by Gasteiger charge is 2.33. The normalized spacial score (nSPS) is 18.8. The third-order valence-corrected chi connectivity index (χ3v) is 6.94. The molecule has 1 saturated heterocycles. The van der Waals surface area contributed by atoms with E-state index >= 15 is 0 Å². The van der Waals surface area contributed by atoms with Crippen LogP contribution in [0.5, 0.6) is 0 Å². The standard InChI is InChI=1S/C21H24ClN5O4S/c1-3-12-17(22)26-18(23-12)19(28)24-13-8-9-27(10-15(13)31-4-2)21-25-14-7-5-6-11(20(29)30)16(14)32-21/h5-7,13,15H,3-4,8-10H2,1-2H3,(H,23,26)(H,24,28)(H,29,30)/t13-,15+/m1/s1. The Kier molecular flexibility index (Phi) is 6.63. The van der Waals surface area contributed by atoms with Crippen LogP contribution in [0.3, 0.4) is 0 Å². The van der Waals surface area contributed by atoms with Gasteiger partial charge >= 0.3 is 5.97 Å². The Morgan fingerprint density at radius 1 is 1.38 bits per heavy atom. The summed E-state index contributed by atoms with van der Waals surface area (Å²) in [6, 6.07) is 4.90. The number of benzene rings is 1. The maximum absolute atomic E-state index is 12.7. The quantitative estimate of drug-likeness (QED) is 0.477. The number of carboxylic acids is 1. The van der Waals surface area contributed by atoms with E-state index in [1.807, 2.05) is 19.9 Å². The third-order valence-electron chi connectivity index (χ3n) is 5.46. The number of anilines is 1. The number of carboxylic acid groups (broad SMARTS) is 1. The van der Waals surface area contributed by atoms with Gasteiger partial charge in [0.2, 0.25) is 0 Å². The number of hydrogen-bond donors (Lipinski definition) is 3. The fourth-order valence-corrected chi connectivity index (χ4v) is 5.22. The van der Waals surface area contributed by atoms with Gasteiger partial charge in [-0.3, -0.25) is 4.79 Å². The molecule has 3 N–H and O–H groups in total. The molecule has 11 heteroatoms. The number of imidazole rings is 1. The number of carbonyl (C=O) groups is 2. The number of thiazole rings is 1. The van der Waals surface area contributed by atoms with Crippen LogP contribution in [0.1, 0.15) is 46.9 Å². The lowest BCUT2D eigenvalue weighted by Gasteiger charge is -2.38. The summed E-state index contributed by atoms with van der Waals surface area (Å²) in [4.78, 5) is 38.1. The van der Waals surface area contributed by atoms with Crippen molar-refractivity contribution in [2.24, 2.45) is 0 Å². The number of halogens is 1. The molecule has 170 valence electrons. The minimum atomic E-state index is -0.969. The number of amides is 1. The van der Waals surface area contributed by atoms with E-state index in [9.17, 15) is 14.7 Å². The monoisotopic (exact) mass is 477 g/mol. The van der Waals surface area contributed by atoms with Crippen molar-refractivity contribution in [3.05, 3.63) is 40.4 Å². The van der Waals surface area contributed by atoms with Crippen molar-refractivity contribution >= 4 is 50.2 Å². The number of H-pyrrole nitrogens is 1. The molecule has 1 aliphatic rings. The van der Waals surface area contributed by atoms with Crippen molar-refractivity contribution in [3.8, 4) is 0 Å². The summed E-state index contributed by atoms with van der Waals surface area (Å²) >= 11 is 7.42. The first-order chi connectivity index (χ1) is 15.4. The van der Waals surface area contributed by atoms with E-state index in [4.69, 9.17) is 16.3 Å². The molecule has 3 aromatic rings. The lowest BCUT2D eigenvalue weighted by atomic mass is 10.0. The van der Waals surface area contributed by atoms with E-state index in [1.165, 1.54) is 11.3 Å². The van der Waals surface area contributed by atoms with Crippen molar-refractivity contribution < 1.29 is 19.4 Å². The van der Waals surface area contributed by atoms with E-state index < -0.39 is 5.97 Å². The Hall–Kier alpha value is -2.69. The van der Waals surface area contributed by atoms with Gasteiger partial charge in [0.25, 0.3) is 5.91 Å². The number of aromatic nitrogens is 3. The van der Waals surface area contributed by atoms with Crippen LogP contribution in [0.2, 0.25) is 5.15 Å². The summed E-state index contributed by atoms with van der Waals surface area (Å²) in [5, 5.41) is 13.5. The zero-order chi connectivity index (χ0) is 22.8. The number of carbonyl (C=O) groups excluding carboxylic acids is 1. The number of hydrogen-bond acceptors (Lipinski definition) is 7. The molecule has 0 spiro atoms. The van der Waals surface area contributed by atoms with Gasteiger partial charge in [0.1, 0.15) is 0 Å². The topological polar surface area (TPSA) is 120 Å². The van der Waals surface area contributed by atoms with Crippen LogP contribution < -0.4 is 10.2 Å². The molecule has 0 saturated carbocycles. The van der Waals surface area contributed by atoms with Gasteiger partial charge in [-0.1, -0.05) is 35.9 Å². The molecule has 0 radical (unpaired) electrons. The van der Waals surface area contributed by atoms with Gasteiger partial charge in [0.05, 0.1) is 33.6 Å². The van der Waals surface area contributed by atoms with Gasteiger partial charge in [0.15, 0.2) is 16.1 Å². The zero-order valence-electron chi connectivity index (χ0n) is 17.7. The van der Waals surface area contributed by atoms with Gasteiger partial charge in [-0.2, -0.15) is 0 Å². The molecule has 1 fully saturated rings. The number of aromatic carboxylic acids is 1. The largest absolute Gasteiger partial charge is 0.478 e. The first-order valence-corrected chi connectivity index (χ1v) is 11.6. The summed E-state index contributed by atoms with van der Waals surface area (Å²) in [7, 11) is 0. The van der Waals surface area contributed by atoms with Crippen LogP contribution >= 0.6 is 22.9 Å². The van der Waals surface area contributed by atoms with Crippen molar-refractivity contribution in [2.75, 3.05) is 24.6 Å². The molecule has 1 aliphatic heterocycles. The number of nitrogens with zero attached hydrogens (tertiary/aromatic N) is 3. The van der Waals surface area contributed by atoms with Crippen LogP contribution in [0.4, 0.5) is 5.13 Å². The number of nitrogens with one attached hydrogen (secondary N) is 2. The molecule has 0 aliphatic carbocycles. The Balaban J connectivity index is 1.50. The van der Waals surface area contributed by atoms with Crippen molar-refractivity contribution in [1.82, 2.24) is 20.3 Å². The maximum Gasteiger partial charge on any atom is 0.337 e. The molecule has 0 unspecified atom stereocenters. The fraction of sp³-hybridized carbons (Fsp3) is 0.429. The number of fused-ring (bicyclic) bond motifs is 1. The average molecular weight is 478 g/mol. The van der Waals surface area contributed by atoms with Crippen LogP contribution in [0.25, 0.3) is 10.2 Å². The summed E-state index contributed by atoms with van der Waals surface area (Å²) < 4.78 is 6.59. The summed E-state index contributed by atoms with van der Waals surface area (Å²) in [6.07, 6.45) is 1.05. The maximum atomic E-state index is 12.7. The molecule has 0 bridgehead atoms. The van der Waals surface area contributed by atoms with E-state index in [0.29, 0.717) is 47.9 Å². The predicted octanol–water partition coefficient (Wildman–Crippen LogP) is 3.35. The Labute approximate surface area is 193 Å². The number of ether oxygens (including phenoxy) is 1. The summed E-state index contributed by atoms with van der Waals surface area (Å²) in [5.74, 6) is -1.10. The van der Waals surface area contributed by atoms with Crippen LogP contribution in [-0.4, -0.2) is 63.8 Å². The van der Waals surface area contributed by atoms with Gasteiger partial charge in [-0.25, -0.2) is 14.8 Å². The van der Waals surface area contributed by atoms with E-state index in [-0.39, 0.29) is 29.4 Å². The molecule has 1 amide bonds. The van der Waals surface area contributed by atoms with Crippen LogP contribution in [0, 0.1) is 0 Å². The second-order valence-electron chi connectivity index (χ2n) is 7.47. The number of aromatic amines is 1. The number of piperidine rings is 1. The van der Waals surface area contributed by atoms with Crippen molar-refractivity contribution in [3.63, 3.8) is 0 Å². The number of aryl methyl sites for hydroxylation is 1. The fourth-order valence-electron chi connectivity index (χ4n) is 3.85. The molecular weight excluding hydrogens is 454 g/mol. The molecule has 3 heterocycles. The molecule has 32 heavy (non-hydrogen) atoms. The molecule has 2 aromatic heterocycles. The van der Waals surface area contributed by atoms with Crippen molar-refractivity contribution in [2.45, 2.75) is 38.8 Å². The Morgan fingerprint density at radius 3 is 2.88 bits per heavy atom. The first-order valence-electron chi connectivity index (χ1n) is 10.5. The van der Waals surface area contributed by atoms with Gasteiger partial charge in [-0.05, 0) is 31.9 Å². The van der Waals surface area contributed by atoms with E-state index in [0.717, 1.165) is 10.8 Å². The highest BCUT2D eigenvalue weighted by molar-refractivity contribution is 7.22. The first kappa shape index (κ1) is 22.5. The minimum Gasteiger partial charge on any atom is -0.478 e. The third kappa shape index (κ3) is 4.43. The van der Waals surface area contributed by atoms with E-state index in [1.54, 1.807) is 12.1 Å². The van der Waals surface area contributed by atoms with E-state index in [2.05, 4.69) is 25.2 Å². The molecule has 4 rings (SSSR count). The second kappa shape index (κ2) is 9.43. The predicted molar refractivity (Wildman–Crippen MR) is 123 cm³/mol. The smallest absolute Gasteiger partial charge is 0.337 e. The average Bonchev–Trinajstić information content (AvgIpc) is 3.38. The summed E-state index contributed by atoms with van der Waals surface area (Å²) in [6.45, 7) is 5.52. The SMILES string of the molecule is CCO[C@H]1CN(c2nc3cccc(C(=O)O)c3s2)CC[C@H]1NC(=O)c1nc(Cl)c(CC)[nH]1. The lowest BCUT2D eigenvalue weighted by Crippen LogP contribution is -2.55. The van der Waals surface area contributed by atoms with Gasteiger partial charge in [0, 0.05) is 19.7 Å². The second-order valence-corrected chi connectivity index (χ2v) is 8.81. The minimum absolute atomic E-state index is 0.192. The number of rotatable bonds is 7. The summed E-state index contributed by atoms with van der Waals surface area (Å²) in [5.41, 5.74) is 1.64. The zero-order valence-corrected chi connectivity index (χ0v) is 19.3. The molecule has 9 nitrogen and oxygen atoms in total. The van der Waals surface area contributed by atoms with Crippen molar-refractivity contribution in [1.29, 1.82) is 0 Å². The molecule has 2 atom stereocenters. The van der Waals surface area contributed by atoms with Crippen LogP contribution in [-0.2, 0) is 11.2 Å². The molecular formula is C21H24ClN5O4S. The Bertz CT molecular complexity index is 1150. The highest BCUT2D eigenvalue weighted by atomic mass is 35.5. The van der Waals surface area contributed by atoms with Gasteiger partial charge in [-0.15, -0.1) is 0 Å². The van der Waals surface area contributed by atoms with Gasteiger partial charge < -0.3 is 25.0 Å². The highest BCUT2D eigenvalue weighted by Crippen LogP contribution is 2.33. The lowest BCUT2D eigenvalue weighted by molar-refractivity contribution is 0.0272.